The van der Waals surface area contributed by atoms with Crippen LogP contribution in [0, 0.1) is 18.3 Å². The maximum atomic E-state index is 9.04. The van der Waals surface area contributed by atoms with Crippen LogP contribution in [0.25, 0.3) is 10.9 Å². The molecule has 114 valence electrons. The van der Waals surface area contributed by atoms with Crippen molar-refractivity contribution >= 4 is 22.5 Å². The lowest BCUT2D eigenvalue weighted by molar-refractivity contribution is 0.276. The first-order valence-electron chi connectivity index (χ1n) is 7.65. The standard InChI is InChI=1S/C19H16ClN3/c1-12-6-18(20)17(16-4-5-22-19(12)16)11-23-9-14-3-2-13(8-21)7-15(14)10-23/h2-7,22H,9-11H2,1H3. The number of fused-ring (bicyclic) bond motifs is 2. The van der Waals surface area contributed by atoms with Gasteiger partial charge in [-0.15, -0.1) is 0 Å². The topological polar surface area (TPSA) is 42.8 Å². The van der Waals surface area contributed by atoms with Crippen molar-refractivity contribution in [1.29, 1.82) is 5.26 Å². The predicted molar refractivity (Wildman–Crippen MR) is 92.2 cm³/mol. The Labute approximate surface area is 140 Å². The normalized spacial score (nSPS) is 14.1. The van der Waals surface area contributed by atoms with Gasteiger partial charge < -0.3 is 4.98 Å². The molecular weight excluding hydrogens is 306 g/mol. The van der Waals surface area contributed by atoms with E-state index in [9.17, 15) is 0 Å². The molecule has 23 heavy (non-hydrogen) atoms. The van der Waals surface area contributed by atoms with Crippen molar-refractivity contribution in [2.24, 2.45) is 0 Å². The van der Waals surface area contributed by atoms with E-state index in [0.717, 1.165) is 35.7 Å². The van der Waals surface area contributed by atoms with Crippen LogP contribution < -0.4 is 0 Å². The van der Waals surface area contributed by atoms with Gasteiger partial charge in [-0.3, -0.25) is 4.90 Å². The second-order valence-corrected chi connectivity index (χ2v) is 6.57. The Balaban J connectivity index is 1.66. The fourth-order valence-corrected chi connectivity index (χ4v) is 3.78. The molecule has 4 heteroatoms. The maximum Gasteiger partial charge on any atom is 0.0991 e. The summed E-state index contributed by atoms with van der Waals surface area (Å²) in [6.45, 7) is 4.64. The van der Waals surface area contributed by atoms with E-state index in [2.05, 4.69) is 35.0 Å². The zero-order chi connectivity index (χ0) is 16.0. The molecule has 0 spiro atoms. The van der Waals surface area contributed by atoms with E-state index >= 15 is 0 Å². The highest BCUT2D eigenvalue weighted by Gasteiger charge is 2.21. The van der Waals surface area contributed by atoms with Crippen LogP contribution in [0.15, 0.2) is 36.5 Å². The highest BCUT2D eigenvalue weighted by molar-refractivity contribution is 6.32. The smallest absolute Gasteiger partial charge is 0.0991 e. The van der Waals surface area contributed by atoms with Gasteiger partial charge in [0, 0.05) is 41.8 Å². The summed E-state index contributed by atoms with van der Waals surface area (Å²) >= 11 is 6.52. The van der Waals surface area contributed by atoms with Gasteiger partial charge in [-0.1, -0.05) is 17.7 Å². The second kappa shape index (κ2) is 5.42. The molecule has 0 atom stereocenters. The minimum Gasteiger partial charge on any atom is -0.361 e. The zero-order valence-corrected chi connectivity index (χ0v) is 13.6. The van der Waals surface area contributed by atoms with Crippen molar-refractivity contribution < 1.29 is 0 Å². The van der Waals surface area contributed by atoms with E-state index in [4.69, 9.17) is 16.9 Å². The van der Waals surface area contributed by atoms with Crippen LogP contribution in [0.1, 0.15) is 27.8 Å². The van der Waals surface area contributed by atoms with Gasteiger partial charge in [0.1, 0.15) is 0 Å². The van der Waals surface area contributed by atoms with Gasteiger partial charge in [-0.2, -0.15) is 5.26 Å². The number of aryl methyl sites for hydroxylation is 1. The lowest BCUT2D eigenvalue weighted by Crippen LogP contribution is -2.16. The first-order valence-corrected chi connectivity index (χ1v) is 8.03. The van der Waals surface area contributed by atoms with Crippen LogP contribution in [0.3, 0.4) is 0 Å². The lowest BCUT2D eigenvalue weighted by Gasteiger charge is -2.17. The second-order valence-electron chi connectivity index (χ2n) is 6.16. The van der Waals surface area contributed by atoms with Crippen LogP contribution in [0.4, 0.5) is 0 Å². The monoisotopic (exact) mass is 321 g/mol. The number of nitrogens with one attached hydrogen (secondary N) is 1. The molecule has 0 aliphatic carbocycles. The third-order valence-corrected chi connectivity index (χ3v) is 4.94. The molecule has 1 N–H and O–H groups in total. The number of hydrogen-bond donors (Lipinski definition) is 1. The van der Waals surface area contributed by atoms with Crippen molar-refractivity contribution in [2.45, 2.75) is 26.6 Å². The van der Waals surface area contributed by atoms with Crippen molar-refractivity contribution in [2.75, 3.05) is 0 Å². The molecule has 3 nitrogen and oxygen atoms in total. The van der Waals surface area contributed by atoms with Gasteiger partial charge >= 0.3 is 0 Å². The molecule has 0 unspecified atom stereocenters. The Kier molecular flexibility index (Phi) is 3.37. The summed E-state index contributed by atoms with van der Waals surface area (Å²) < 4.78 is 0. The summed E-state index contributed by atoms with van der Waals surface area (Å²) in [5, 5.41) is 11.1. The van der Waals surface area contributed by atoms with Crippen LogP contribution in [0.5, 0.6) is 0 Å². The maximum absolute atomic E-state index is 9.04. The van der Waals surface area contributed by atoms with Gasteiger partial charge in [-0.05, 0) is 53.4 Å². The molecule has 2 aromatic carbocycles. The van der Waals surface area contributed by atoms with Gasteiger partial charge in [0.25, 0.3) is 0 Å². The summed E-state index contributed by atoms with van der Waals surface area (Å²) in [4.78, 5) is 5.67. The average molecular weight is 322 g/mol. The van der Waals surface area contributed by atoms with E-state index in [1.165, 1.54) is 27.6 Å². The minimum atomic E-state index is 0.729. The predicted octanol–water partition coefficient (Wildman–Crippen LogP) is 4.52. The molecule has 0 saturated heterocycles. The van der Waals surface area contributed by atoms with Crippen molar-refractivity contribution in [3.05, 3.63) is 69.4 Å². The summed E-state index contributed by atoms with van der Waals surface area (Å²) in [6, 6.07) is 12.3. The summed E-state index contributed by atoms with van der Waals surface area (Å²) in [6.07, 6.45) is 1.97. The van der Waals surface area contributed by atoms with Crippen molar-refractivity contribution in [3.8, 4) is 6.07 Å². The number of halogens is 1. The third kappa shape index (κ3) is 2.41. The number of nitriles is 1. The quantitative estimate of drug-likeness (QED) is 0.754. The van der Waals surface area contributed by atoms with Gasteiger partial charge in [-0.25, -0.2) is 0 Å². The SMILES string of the molecule is Cc1cc(Cl)c(CN2Cc3ccc(C#N)cc3C2)c2cc[nH]c12. The number of aromatic amines is 1. The molecular formula is C19H16ClN3. The van der Waals surface area contributed by atoms with Gasteiger partial charge in [0.05, 0.1) is 11.6 Å². The molecule has 0 amide bonds. The third-order valence-electron chi connectivity index (χ3n) is 4.60. The number of rotatable bonds is 2. The number of aromatic nitrogens is 1. The molecule has 4 rings (SSSR count). The molecule has 0 saturated carbocycles. The summed E-state index contributed by atoms with van der Waals surface area (Å²) in [7, 11) is 0. The molecule has 1 aliphatic rings. The Bertz CT molecular complexity index is 949. The van der Waals surface area contributed by atoms with E-state index in [0.29, 0.717) is 0 Å². The summed E-state index contributed by atoms with van der Waals surface area (Å²) in [5.41, 5.74) is 6.78. The molecule has 0 fully saturated rings. The Morgan fingerprint density at radius 3 is 2.87 bits per heavy atom. The Morgan fingerprint density at radius 2 is 2.04 bits per heavy atom. The van der Waals surface area contributed by atoms with E-state index in [-0.39, 0.29) is 0 Å². The molecule has 0 bridgehead atoms. The fraction of sp³-hybridized carbons (Fsp3) is 0.211. The van der Waals surface area contributed by atoms with E-state index in [1.54, 1.807) is 0 Å². The van der Waals surface area contributed by atoms with E-state index in [1.807, 2.05) is 24.4 Å². The van der Waals surface area contributed by atoms with Crippen molar-refractivity contribution in [1.82, 2.24) is 9.88 Å². The zero-order valence-electron chi connectivity index (χ0n) is 12.9. The highest BCUT2D eigenvalue weighted by Crippen LogP contribution is 2.32. The number of hydrogen-bond acceptors (Lipinski definition) is 2. The average Bonchev–Trinajstić information content (AvgIpc) is 3.17. The Hall–Kier alpha value is -2.28. The van der Waals surface area contributed by atoms with Gasteiger partial charge in [0.15, 0.2) is 0 Å². The molecule has 3 aromatic rings. The molecule has 0 radical (unpaired) electrons. The van der Waals surface area contributed by atoms with Crippen LogP contribution in [-0.2, 0) is 19.6 Å². The van der Waals surface area contributed by atoms with Crippen LogP contribution >= 0.6 is 11.6 Å². The number of H-pyrrole nitrogens is 1. The van der Waals surface area contributed by atoms with Crippen LogP contribution in [0.2, 0.25) is 5.02 Å². The summed E-state index contributed by atoms with van der Waals surface area (Å²) in [5.74, 6) is 0. The molecule has 2 heterocycles. The van der Waals surface area contributed by atoms with E-state index < -0.39 is 0 Å². The number of nitrogens with zero attached hydrogens (tertiary/aromatic N) is 2. The number of benzene rings is 2. The minimum absolute atomic E-state index is 0.729. The van der Waals surface area contributed by atoms with Crippen molar-refractivity contribution in [3.63, 3.8) is 0 Å². The highest BCUT2D eigenvalue weighted by atomic mass is 35.5. The molecule has 1 aliphatic heterocycles. The van der Waals surface area contributed by atoms with Crippen LogP contribution in [-0.4, -0.2) is 9.88 Å². The first-order chi connectivity index (χ1) is 11.2. The Morgan fingerprint density at radius 1 is 1.22 bits per heavy atom. The molecule has 1 aromatic heterocycles. The largest absolute Gasteiger partial charge is 0.361 e. The lowest BCUT2D eigenvalue weighted by atomic mass is 10.1. The first kappa shape index (κ1) is 14.3. The fourth-order valence-electron chi connectivity index (χ4n) is 3.46. The van der Waals surface area contributed by atoms with Gasteiger partial charge in [0.2, 0.25) is 0 Å².